The van der Waals surface area contributed by atoms with Crippen LogP contribution < -0.4 is 9.47 Å². The lowest BCUT2D eigenvalue weighted by Gasteiger charge is -2.22. The summed E-state index contributed by atoms with van der Waals surface area (Å²) in [5, 5.41) is 9.05. The minimum atomic E-state index is -4.61. The van der Waals surface area contributed by atoms with Gasteiger partial charge < -0.3 is 14.6 Å². The van der Waals surface area contributed by atoms with Crippen LogP contribution in [0.5, 0.6) is 11.5 Å². The first-order valence-electron chi connectivity index (χ1n) is 6.82. The lowest BCUT2D eigenvalue weighted by atomic mass is 9.88. The van der Waals surface area contributed by atoms with Gasteiger partial charge in [0.1, 0.15) is 17.1 Å². The van der Waals surface area contributed by atoms with Crippen molar-refractivity contribution in [3.8, 4) is 11.5 Å². The maximum absolute atomic E-state index is 13.2. The Kier molecular flexibility index (Phi) is 4.53. The van der Waals surface area contributed by atoms with Gasteiger partial charge in [-0.25, -0.2) is 0 Å². The van der Waals surface area contributed by atoms with Gasteiger partial charge in [-0.3, -0.25) is 4.79 Å². The third kappa shape index (κ3) is 3.45. The predicted octanol–water partition coefficient (Wildman–Crippen LogP) is 3.69. The lowest BCUT2D eigenvalue weighted by molar-refractivity contribution is -0.139. The van der Waals surface area contributed by atoms with E-state index in [9.17, 15) is 18.0 Å². The van der Waals surface area contributed by atoms with Crippen molar-refractivity contribution in [3.05, 3.63) is 23.3 Å². The molecule has 1 aliphatic carbocycles. The maximum atomic E-state index is 13.2. The summed E-state index contributed by atoms with van der Waals surface area (Å²) in [6, 6.07) is 2.31. The Hall–Kier alpha value is -1.92. The first kappa shape index (κ1) is 16.5. The molecule has 0 bridgehead atoms. The fourth-order valence-corrected chi connectivity index (χ4v) is 2.67. The molecule has 0 spiro atoms. The molecule has 1 unspecified atom stereocenters. The highest BCUT2D eigenvalue weighted by Crippen LogP contribution is 2.50. The molecule has 0 heterocycles. The van der Waals surface area contributed by atoms with E-state index in [-0.39, 0.29) is 29.4 Å². The number of carbonyl (C=O) groups is 1. The number of alkyl halides is 3. The summed E-state index contributed by atoms with van der Waals surface area (Å²) < 4.78 is 49.6. The van der Waals surface area contributed by atoms with Gasteiger partial charge in [-0.15, -0.1) is 0 Å². The normalized spacial score (nSPS) is 16.2. The predicted molar refractivity (Wildman–Crippen MR) is 72.3 cm³/mol. The minimum absolute atomic E-state index is 0.0409. The van der Waals surface area contributed by atoms with Crippen LogP contribution in [0, 0.1) is 5.92 Å². The van der Waals surface area contributed by atoms with Crippen LogP contribution in [0.4, 0.5) is 13.2 Å². The van der Waals surface area contributed by atoms with Crippen LogP contribution in [0.1, 0.15) is 36.3 Å². The average molecular weight is 318 g/mol. The van der Waals surface area contributed by atoms with E-state index >= 15 is 0 Å². The molecule has 1 aromatic carbocycles. The Labute approximate surface area is 125 Å². The summed E-state index contributed by atoms with van der Waals surface area (Å²) in [5.41, 5.74) is -0.695. The summed E-state index contributed by atoms with van der Waals surface area (Å²) in [6.07, 6.45) is -3.23. The Morgan fingerprint density at radius 3 is 2.36 bits per heavy atom. The number of benzene rings is 1. The lowest BCUT2D eigenvalue weighted by Crippen LogP contribution is -2.14. The van der Waals surface area contributed by atoms with Gasteiger partial charge in [-0.1, -0.05) is 0 Å². The molecule has 0 radical (unpaired) electrons. The number of ether oxygens (including phenoxy) is 2. The van der Waals surface area contributed by atoms with Gasteiger partial charge in [0.15, 0.2) is 0 Å². The van der Waals surface area contributed by atoms with Gasteiger partial charge >= 0.3 is 12.1 Å². The number of hydrogen-bond donors (Lipinski definition) is 1. The number of aliphatic carboxylic acids is 1. The van der Waals surface area contributed by atoms with E-state index in [4.69, 9.17) is 14.6 Å². The zero-order valence-corrected chi connectivity index (χ0v) is 12.2. The van der Waals surface area contributed by atoms with Crippen molar-refractivity contribution in [2.24, 2.45) is 5.92 Å². The number of rotatable bonds is 6. The highest BCUT2D eigenvalue weighted by atomic mass is 19.4. The fourth-order valence-electron chi connectivity index (χ4n) is 2.67. The first-order chi connectivity index (χ1) is 10.3. The second-order valence-corrected chi connectivity index (χ2v) is 5.34. The van der Waals surface area contributed by atoms with Gasteiger partial charge in [-0.2, -0.15) is 13.2 Å². The van der Waals surface area contributed by atoms with Crippen molar-refractivity contribution >= 4 is 5.97 Å². The highest BCUT2D eigenvalue weighted by Gasteiger charge is 2.41. The average Bonchev–Trinajstić information content (AvgIpc) is 3.26. The topological polar surface area (TPSA) is 55.8 Å². The molecular formula is C15H17F3O4. The fraction of sp³-hybridized carbons (Fsp3) is 0.533. The van der Waals surface area contributed by atoms with Crippen molar-refractivity contribution in [3.63, 3.8) is 0 Å². The van der Waals surface area contributed by atoms with Crippen LogP contribution in [-0.2, 0) is 11.0 Å². The van der Waals surface area contributed by atoms with E-state index in [0.29, 0.717) is 0 Å². The maximum Gasteiger partial charge on any atom is 0.420 e. The molecule has 0 aliphatic heterocycles. The second kappa shape index (κ2) is 6.06. The van der Waals surface area contributed by atoms with Gasteiger partial charge in [0.2, 0.25) is 0 Å². The number of halogens is 3. The van der Waals surface area contributed by atoms with Crippen LogP contribution in [0.25, 0.3) is 0 Å². The largest absolute Gasteiger partial charge is 0.497 e. The van der Waals surface area contributed by atoms with E-state index in [1.807, 2.05) is 0 Å². The van der Waals surface area contributed by atoms with Crippen LogP contribution in [0.15, 0.2) is 12.1 Å². The summed E-state index contributed by atoms with van der Waals surface area (Å²) in [7, 11) is 2.43. The van der Waals surface area contributed by atoms with Gasteiger partial charge in [0.25, 0.3) is 0 Å². The Morgan fingerprint density at radius 2 is 1.95 bits per heavy atom. The summed E-state index contributed by atoms with van der Waals surface area (Å²) in [6.45, 7) is 0. The molecule has 1 aromatic rings. The van der Waals surface area contributed by atoms with Gasteiger partial charge in [0, 0.05) is 11.5 Å². The quantitative estimate of drug-likeness (QED) is 0.869. The van der Waals surface area contributed by atoms with E-state index < -0.39 is 23.6 Å². The summed E-state index contributed by atoms with van der Waals surface area (Å²) in [4.78, 5) is 11.1. The molecule has 1 fully saturated rings. The molecule has 0 aromatic heterocycles. The van der Waals surface area contributed by atoms with Crippen LogP contribution in [-0.4, -0.2) is 25.3 Å². The Morgan fingerprint density at radius 1 is 1.32 bits per heavy atom. The summed E-state index contributed by atoms with van der Waals surface area (Å²) >= 11 is 0. The smallest absolute Gasteiger partial charge is 0.420 e. The summed E-state index contributed by atoms with van der Waals surface area (Å²) in [5.74, 6) is -1.76. The molecule has 0 amide bonds. The van der Waals surface area contributed by atoms with Crippen molar-refractivity contribution in [2.45, 2.75) is 31.4 Å². The zero-order valence-electron chi connectivity index (χ0n) is 12.2. The third-order valence-electron chi connectivity index (χ3n) is 3.82. The molecular weight excluding hydrogens is 301 g/mol. The van der Waals surface area contributed by atoms with Crippen LogP contribution in [0.2, 0.25) is 0 Å². The molecule has 7 heteroatoms. The number of methoxy groups -OCH3 is 2. The number of hydrogen-bond acceptors (Lipinski definition) is 3. The molecule has 0 saturated heterocycles. The minimum Gasteiger partial charge on any atom is -0.497 e. The molecule has 4 nitrogen and oxygen atoms in total. The Bertz CT molecular complexity index is 565. The number of carboxylic acids is 1. The molecule has 1 saturated carbocycles. The molecule has 1 atom stereocenters. The number of carboxylic acid groups (broad SMARTS) is 1. The molecule has 1 aliphatic rings. The molecule has 22 heavy (non-hydrogen) atoms. The van der Waals surface area contributed by atoms with Crippen molar-refractivity contribution in [1.82, 2.24) is 0 Å². The first-order valence-corrected chi connectivity index (χ1v) is 6.82. The third-order valence-corrected chi connectivity index (χ3v) is 3.82. The second-order valence-electron chi connectivity index (χ2n) is 5.34. The molecule has 1 N–H and O–H groups in total. The van der Waals surface area contributed by atoms with E-state index in [1.165, 1.54) is 13.2 Å². The van der Waals surface area contributed by atoms with Crippen LogP contribution in [0.3, 0.4) is 0 Å². The SMILES string of the molecule is COc1cc(C(CC(=O)O)C2CC2)c(OC)c(C(F)(F)F)c1. The van der Waals surface area contributed by atoms with Crippen molar-refractivity contribution in [1.29, 1.82) is 0 Å². The molecule has 2 rings (SSSR count). The van der Waals surface area contributed by atoms with E-state index in [1.54, 1.807) is 0 Å². The zero-order chi connectivity index (χ0) is 16.5. The Balaban J connectivity index is 2.58. The van der Waals surface area contributed by atoms with E-state index in [0.717, 1.165) is 26.0 Å². The van der Waals surface area contributed by atoms with Gasteiger partial charge in [0.05, 0.1) is 20.6 Å². The monoisotopic (exact) mass is 318 g/mol. The molecule has 122 valence electrons. The van der Waals surface area contributed by atoms with Crippen molar-refractivity contribution in [2.75, 3.05) is 14.2 Å². The highest BCUT2D eigenvalue weighted by molar-refractivity contribution is 5.69. The van der Waals surface area contributed by atoms with E-state index in [2.05, 4.69) is 0 Å². The van der Waals surface area contributed by atoms with Crippen LogP contribution >= 0.6 is 0 Å². The van der Waals surface area contributed by atoms with Crippen molar-refractivity contribution < 1.29 is 32.5 Å². The van der Waals surface area contributed by atoms with Gasteiger partial charge in [-0.05, 0) is 30.9 Å². The standard InChI is InChI=1S/C15H17F3O4/c1-21-9-5-11(10(7-13(19)20)8-3-4-8)14(22-2)12(6-9)15(16,17)18/h5-6,8,10H,3-4,7H2,1-2H3,(H,19,20).